The summed E-state index contributed by atoms with van der Waals surface area (Å²) < 4.78 is 0. The maximum absolute atomic E-state index is 10.3. The Morgan fingerprint density at radius 1 is 1.21 bits per heavy atom. The van der Waals surface area contributed by atoms with Crippen molar-refractivity contribution in [3.63, 3.8) is 0 Å². The van der Waals surface area contributed by atoms with E-state index in [2.05, 4.69) is 17.1 Å². The van der Waals surface area contributed by atoms with Crippen LogP contribution in [0.15, 0.2) is 42.7 Å². The molecule has 1 heterocycles. The van der Waals surface area contributed by atoms with Gasteiger partial charge in [-0.25, -0.2) is 0 Å². The highest BCUT2D eigenvalue weighted by molar-refractivity contribution is 5.45. The molecule has 0 amide bonds. The number of hydrogen-bond acceptors (Lipinski definition) is 3. The average molecular weight is 254 g/mol. The number of nitrogen functional groups attached to an aromatic ring is 1. The lowest BCUT2D eigenvalue weighted by atomic mass is 9.99. The van der Waals surface area contributed by atoms with E-state index in [4.69, 9.17) is 5.73 Å². The van der Waals surface area contributed by atoms with Crippen LogP contribution < -0.4 is 5.73 Å². The molecule has 2 aromatic rings. The van der Waals surface area contributed by atoms with Crippen molar-refractivity contribution in [3.05, 3.63) is 59.4 Å². The molecule has 19 heavy (non-hydrogen) atoms. The summed E-state index contributed by atoms with van der Waals surface area (Å²) in [5.41, 5.74) is 9.77. The molecule has 1 aliphatic rings. The summed E-state index contributed by atoms with van der Waals surface area (Å²) in [6, 6.07) is 10.1. The Balaban J connectivity index is 1.72. The van der Waals surface area contributed by atoms with Crippen molar-refractivity contribution in [1.82, 2.24) is 4.98 Å². The summed E-state index contributed by atoms with van der Waals surface area (Å²) in [6.07, 6.45) is 5.96. The van der Waals surface area contributed by atoms with E-state index in [1.807, 2.05) is 12.1 Å². The second kappa shape index (κ2) is 5.02. The Kier molecular flexibility index (Phi) is 3.22. The van der Waals surface area contributed by atoms with Crippen LogP contribution in [0.25, 0.3) is 0 Å². The van der Waals surface area contributed by atoms with Crippen molar-refractivity contribution >= 4 is 5.69 Å². The summed E-state index contributed by atoms with van der Waals surface area (Å²) >= 11 is 0. The van der Waals surface area contributed by atoms with Crippen molar-refractivity contribution in [2.75, 3.05) is 5.73 Å². The number of nitrogens with two attached hydrogens (primary N) is 1. The van der Waals surface area contributed by atoms with Crippen LogP contribution in [0, 0.1) is 0 Å². The molecule has 3 N–H and O–H groups in total. The van der Waals surface area contributed by atoms with Crippen LogP contribution in [0.2, 0.25) is 0 Å². The first-order valence-corrected chi connectivity index (χ1v) is 6.70. The van der Waals surface area contributed by atoms with Crippen LogP contribution in [0.1, 0.15) is 41.6 Å². The van der Waals surface area contributed by atoms with Gasteiger partial charge in [-0.3, -0.25) is 4.98 Å². The molecular formula is C16H18N2O. The standard InChI is InChI=1S/C16H18N2O/c17-15-7-8-18-10-14(15)9-16(19)13-5-3-12(4-6-13)11-1-2-11/h3-8,10-11,16,19H,1-2,9H2,(H2,17,18). The van der Waals surface area contributed by atoms with E-state index < -0.39 is 6.10 Å². The molecule has 1 atom stereocenters. The maximum atomic E-state index is 10.3. The Hall–Kier alpha value is -1.87. The topological polar surface area (TPSA) is 59.1 Å². The number of pyridine rings is 1. The molecule has 1 aromatic carbocycles. The van der Waals surface area contributed by atoms with Crippen molar-refractivity contribution in [2.45, 2.75) is 31.3 Å². The Morgan fingerprint density at radius 2 is 1.95 bits per heavy atom. The van der Waals surface area contributed by atoms with Gasteiger partial charge in [0.05, 0.1) is 6.10 Å². The van der Waals surface area contributed by atoms with Gasteiger partial charge in [0.1, 0.15) is 0 Å². The summed E-state index contributed by atoms with van der Waals surface area (Å²) in [5, 5.41) is 10.3. The van der Waals surface area contributed by atoms with Gasteiger partial charge in [-0.2, -0.15) is 0 Å². The molecule has 3 nitrogen and oxygen atoms in total. The zero-order chi connectivity index (χ0) is 13.2. The van der Waals surface area contributed by atoms with Gasteiger partial charge in [0.2, 0.25) is 0 Å². The van der Waals surface area contributed by atoms with E-state index in [0.717, 1.165) is 17.0 Å². The van der Waals surface area contributed by atoms with Gasteiger partial charge >= 0.3 is 0 Å². The SMILES string of the molecule is Nc1ccncc1CC(O)c1ccc(C2CC2)cc1. The molecule has 0 spiro atoms. The minimum Gasteiger partial charge on any atom is -0.398 e. The number of aliphatic hydroxyl groups excluding tert-OH is 1. The second-order valence-corrected chi connectivity index (χ2v) is 5.24. The lowest BCUT2D eigenvalue weighted by molar-refractivity contribution is 0.178. The minimum atomic E-state index is -0.528. The quantitative estimate of drug-likeness (QED) is 0.882. The van der Waals surface area contributed by atoms with Crippen LogP contribution >= 0.6 is 0 Å². The fraction of sp³-hybridized carbons (Fsp3) is 0.312. The third kappa shape index (κ3) is 2.76. The molecule has 98 valence electrons. The van der Waals surface area contributed by atoms with Crippen LogP contribution in [0.5, 0.6) is 0 Å². The largest absolute Gasteiger partial charge is 0.398 e. The molecule has 0 aliphatic heterocycles. The van der Waals surface area contributed by atoms with E-state index in [9.17, 15) is 5.11 Å². The molecule has 3 rings (SSSR count). The first-order valence-electron chi connectivity index (χ1n) is 6.70. The molecule has 0 bridgehead atoms. The maximum Gasteiger partial charge on any atom is 0.0831 e. The van der Waals surface area contributed by atoms with Gasteiger partial charge in [0.15, 0.2) is 0 Å². The number of benzene rings is 1. The van der Waals surface area contributed by atoms with E-state index in [1.165, 1.54) is 18.4 Å². The van der Waals surface area contributed by atoms with Crippen LogP contribution in [0.4, 0.5) is 5.69 Å². The van der Waals surface area contributed by atoms with Gasteiger partial charge in [-0.1, -0.05) is 24.3 Å². The molecule has 1 aliphatic carbocycles. The Labute approximate surface area is 113 Å². The molecule has 1 saturated carbocycles. The lowest BCUT2D eigenvalue weighted by Crippen LogP contribution is -2.04. The number of anilines is 1. The molecule has 1 fully saturated rings. The van der Waals surface area contributed by atoms with Gasteiger partial charge in [-0.05, 0) is 41.5 Å². The third-order valence-corrected chi connectivity index (χ3v) is 3.72. The molecule has 0 saturated heterocycles. The smallest absolute Gasteiger partial charge is 0.0831 e. The molecule has 3 heteroatoms. The summed E-state index contributed by atoms with van der Waals surface area (Å²) in [6.45, 7) is 0. The number of aliphatic hydroxyl groups is 1. The van der Waals surface area contributed by atoms with E-state index in [0.29, 0.717) is 12.1 Å². The lowest BCUT2D eigenvalue weighted by Gasteiger charge is -2.13. The first-order chi connectivity index (χ1) is 9.24. The average Bonchev–Trinajstić information content (AvgIpc) is 3.26. The highest BCUT2D eigenvalue weighted by atomic mass is 16.3. The van der Waals surface area contributed by atoms with E-state index in [1.54, 1.807) is 18.5 Å². The third-order valence-electron chi connectivity index (χ3n) is 3.72. The zero-order valence-corrected chi connectivity index (χ0v) is 10.8. The van der Waals surface area contributed by atoms with E-state index in [-0.39, 0.29) is 0 Å². The summed E-state index contributed by atoms with van der Waals surface area (Å²) in [4.78, 5) is 4.05. The van der Waals surface area contributed by atoms with Gasteiger partial charge in [-0.15, -0.1) is 0 Å². The van der Waals surface area contributed by atoms with Crippen LogP contribution in [-0.4, -0.2) is 10.1 Å². The van der Waals surface area contributed by atoms with Gasteiger partial charge in [0.25, 0.3) is 0 Å². The van der Waals surface area contributed by atoms with Gasteiger partial charge in [0, 0.05) is 24.5 Å². The van der Waals surface area contributed by atoms with Crippen molar-refractivity contribution in [1.29, 1.82) is 0 Å². The van der Waals surface area contributed by atoms with Crippen LogP contribution in [0.3, 0.4) is 0 Å². The van der Waals surface area contributed by atoms with Crippen molar-refractivity contribution < 1.29 is 5.11 Å². The summed E-state index contributed by atoms with van der Waals surface area (Å²) in [5.74, 6) is 0.750. The zero-order valence-electron chi connectivity index (χ0n) is 10.8. The molecule has 1 aromatic heterocycles. The Morgan fingerprint density at radius 3 is 2.58 bits per heavy atom. The second-order valence-electron chi connectivity index (χ2n) is 5.24. The predicted molar refractivity (Wildman–Crippen MR) is 75.7 cm³/mol. The van der Waals surface area contributed by atoms with Crippen molar-refractivity contribution in [2.24, 2.45) is 0 Å². The highest BCUT2D eigenvalue weighted by Crippen LogP contribution is 2.40. The number of rotatable bonds is 4. The highest BCUT2D eigenvalue weighted by Gasteiger charge is 2.23. The predicted octanol–water partition coefficient (Wildman–Crippen LogP) is 2.82. The normalized spacial score (nSPS) is 16.3. The fourth-order valence-corrected chi connectivity index (χ4v) is 2.34. The number of hydrogen-bond donors (Lipinski definition) is 2. The van der Waals surface area contributed by atoms with Crippen molar-refractivity contribution in [3.8, 4) is 0 Å². The monoisotopic (exact) mass is 254 g/mol. The molecule has 0 radical (unpaired) electrons. The molecule has 1 unspecified atom stereocenters. The fourth-order valence-electron chi connectivity index (χ4n) is 2.34. The minimum absolute atomic E-state index is 0.502. The van der Waals surface area contributed by atoms with Crippen LogP contribution in [-0.2, 0) is 6.42 Å². The van der Waals surface area contributed by atoms with Gasteiger partial charge < -0.3 is 10.8 Å². The summed E-state index contributed by atoms with van der Waals surface area (Å²) in [7, 11) is 0. The first kappa shape index (κ1) is 12.2. The number of nitrogens with zero attached hydrogens (tertiary/aromatic N) is 1. The number of aromatic nitrogens is 1. The van der Waals surface area contributed by atoms with E-state index >= 15 is 0 Å². The molecular weight excluding hydrogens is 236 g/mol. The Bertz CT molecular complexity index is 561.